The van der Waals surface area contributed by atoms with E-state index >= 15 is 0 Å². The van der Waals surface area contributed by atoms with Gasteiger partial charge in [0.1, 0.15) is 5.75 Å². The number of halogens is 9. The molecule has 3 rings (SSSR count). The molecule has 0 unspecified atom stereocenters. The number of azo groups is 1. The summed E-state index contributed by atoms with van der Waals surface area (Å²) in [6, 6.07) is 10.8. The highest BCUT2D eigenvalue weighted by Crippen LogP contribution is 2.31. The van der Waals surface area contributed by atoms with Gasteiger partial charge in [0.25, 0.3) is 11.7 Å². The van der Waals surface area contributed by atoms with Gasteiger partial charge >= 0.3 is 18.7 Å². The average Bonchev–Trinajstić information content (AvgIpc) is 2.84. The number of alkyl halides is 9. The summed E-state index contributed by atoms with van der Waals surface area (Å²) >= 11 is 0. The molecule has 0 aromatic heterocycles. The number of hydrogen-bond donors (Lipinski definition) is 2. The van der Waals surface area contributed by atoms with Crippen molar-refractivity contribution in [1.82, 2.24) is 0 Å². The van der Waals surface area contributed by atoms with Crippen LogP contribution in [0.3, 0.4) is 0 Å². The van der Waals surface area contributed by atoms with E-state index in [1.807, 2.05) is 0 Å². The van der Waals surface area contributed by atoms with Gasteiger partial charge in [-0.05, 0) is 72.8 Å². The molecule has 16 heteroatoms. The summed E-state index contributed by atoms with van der Waals surface area (Å²) in [5.74, 6) is -2.37. The second kappa shape index (κ2) is 11.4. The first kappa shape index (κ1) is 28.9. The lowest BCUT2D eigenvalue weighted by Crippen LogP contribution is -2.22. The van der Waals surface area contributed by atoms with Gasteiger partial charge in [-0.15, -0.1) is 28.5 Å². The number of anilines is 2. The van der Waals surface area contributed by atoms with Crippen LogP contribution in [0, 0.1) is 0 Å². The molecule has 0 fully saturated rings. The minimum Gasteiger partial charge on any atom is -0.406 e. The van der Waals surface area contributed by atoms with E-state index in [1.165, 1.54) is 0 Å². The first-order valence-corrected chi connectivity index (χ1v) is 10.4. The molecule has 0 spiro atoms. The van der Waals surface area contributed by atoms with Crippen LogP contribution in [0.25, 0.3) is 0 Å². The second-order valence-electron chi connectivity index (χ2n) is 7.39. The van der Waals surface area contributed by atoms with Gasteiger partial charge in [0, 0.05) is 5.69 Å². The number of nitrogens with one attached hydrogen (secondary N) is 2. The quantitative estimate of drug-likeness (QED) is 0.109. The molecule has 2 N–H and O–H groups in total. The van der Waals surface area contributed by atoms with Crippen LogP contribution in [-0.2, 0) is 17.1 Å². The van der Waals surface area contributed by atoms with E-state index in [9.17, 15) is 44.3 Å². The fraction of sp³-hybridized carbons (Fsp3) is 0.130. The molecule has 0 heterocycles. The Balaban J connectivity index is 1.82. The zero-order valence-electron chi connectivity index (χ0n) is 19.0. The van der Waals surface area contributed by atoms with Crippen molar-refractivity contribution in [3.8, 4) is 5.75 Å². The predicted octanol–water partition coefficient (Wildman–Crippen LogP) is 7.77. The molecule has 3 aromatic rings. The molecular weight excluding hydrogens is 549 g/mol. The summed E-state index contributed by atoms with van der Waals surface area (Å²) < 4.78 is 117. The van der Waals surface area contributed by atoms with E-state index in [2.05, 4.69) is 30.8 Å². The van der Waals surface area contributed by atoms with Crippen molar-refractivity contribution in [2.45, 2.75) is 18.7 Å². The number of carbonyl (C=O) groups is 1. The smallest absolute Gasteiger partial charge is 0.406 e. The van der Waals surface area contributed by atoms with Crippen LogP contribution >= 0.6 is 0 Å². The van der Waals surface area contributed by atoms with Crippen molar-refractivity contribution >= 4 is 28.8 Å². The topological polar surface area (TPSA) is 87.4 Å². The summed E-state index contributed by atoms with van der Waals surface area (Å²) in [6.07, 6.45) is -14.1. The summed E-state index contributed by atoms with van der Waals surface area (Å²) in [4.78, 5) is 12.7. The number of benzene rings is 3. The Morgan fingerprint density at radius 1 is 0.667 bits per heavy atom. The predicted molar refractivity (Wildman–Crippen MR) is 120 cm³/mol. The highest BCUT2D eigenvalue weighted by molar-refractivity contribution is 6.42. The Kier molecular flexibility index (Phi) is 8.46. The molecule has 0 radical (unpaired) electrons. The number of amidine groups is 1. The van der Waals surface area contributed by atoms with Gasteiger partial charge in [-0.1, -0.05) is 0 Å². The zero-order chi connectivity index (χ0) is 28.8. The number of nitrogens with zero attached hydrogens (tertiary/aromatic N) is 3. The number of hydrazone groups is 1. The Morgan fingerprint density at radius 3 is 1.64 bits per heavy atom. The zero-order valence-corrected chi connectivity index (χ0v) is 19.0. The lowest BCUT2D eigenvalue weighted by atomic mass is 10.2. The van der Waals surface area contributed by atoms with E-state index in [-0.39, 0.29) is 17.1 Å². The second-order valence-corrected chi connectivity index (χ2v) is 7.39. The SMILES string of the molecule is O=C(Nc1ccc(OC(F)(F)F)cc1)/C(N=Nc1ccc(C(F)(F)F)cc1)=N\Nc1ccc(C(F)(F)F)cc1. The minimum atomic E-state index is -4.94. The first-order chi connectivity index (χ1) is 18.1. The van der Waals surface area contributed by atoms with Crippen molar-refractivity contribution in [3.05, 3.63) is 83.9 Å². The van der Waals surface area contributed by atoms with Gasteiger partial charge in [-0.25, -0.2) is 0 Å². The number of rotatable bonds is 5. The van der Waals surface area contributed by atoms with Gasteiger partial charge in [0.05, 0.1) is 22.5 Å². The monoisotopic (exact) mass is 563 g/mol. The lowest BCUT2D eigenvalue weighted by molar-refractivity contribution is -0.274. The Hall–Kier alpha value is -4.63. The maximum Gasteiger partial charge on any atom is 0.573 e. The van der Waals surface area contributed by atoms with Crippen molar-refractivity contribution in [1.29, 1.82) is 0 Å². The van der Waals surface area contributed by atoms with Gasteiger partial charge < -0.3 is 10.1 Å². The molecule has 7 nitrogen and oxygen atoms in total. The third-order valence-electron chi connectivity index (χ3n) is 4.51. The Bertz CT molecular complexity index is 1330. The third kappa shape index (κ3) is 9.01. The highest BCUT2D eigenvalue weighted by atomic mass is 19.4. The molecular formula is C23H14F9N5O2. The first-order valence-electron chi connectivity index (χ1n) is 10.4. The van der Waals surface area contributed by atoms with Gasteiger partial charge in [0.15, 0.2) is 0 Å². The largest absolute Gasteiger partial charge is 0.573 e. The molecule has 0 aliphatic heterocycles. The number of ether oxygens (including phenoxy) is 1. The molecule has 0 saturated carbocycles. The van der Waals surface area contributed by atoms with Crippen molar-refractivity contribution in [2.75, 3.05) is 10.7 Å². The molecule has 1 amide bonds. The van der Waals surface area contributed by atoms with Gasteiger partial charge in [-0.3, -0.25) is 10.2 Å². The van der Waals surface area contributed by atoms with E-state index in [1.54, 1.807) is 0 Å². The molecule has 0 atom stereocenters. The van der Waals surface area contributed by atoms with Gasteiger partial charge in [0.2, 0.25) is 0 Å². The molecule has 3 aromatic carbocycles. The fourth-order valence-electron chi connectivity index (χ4n) is 2.72. The van der Waals surface area contributed by atoms with Crippen molar-refractivity contribution in [3.63, 3.8) is 0 Å². The Labute approximate surface area is 213 Å². The van der Waals surface area contributed by atoms with Crippen LogP contribution in [0.2, 0.25) is 0 Å². The van der Waals surface area contributed by atoms with Crippen LogP contribution in [0.1, 0.15) is 11.1 Å². The molecule has 0 saturated heterocycles. The Morgan fingerprint density at radius 2 is 1.15 bits per heavy atom. The molecule has 0 bridgehead atoms. The minimum absolute atomic E-state index is 0.00619. The lowest BCUT2D eigenvalue weighted by Gasteiger charge is -2.10. The molecule has 39 heavy (non-hydrogen) atoms. The summed E-state index contributed by atoms with van der Waals surface area (Å²) in [5.41, 5.74) is 0.265. The maximum atomic E-state index is 12.8. The molecule has 0 aliphatic carbocycles. The van der Waals surface area contributed by atoms with Crippen molar-refractivity contribution in [2.24, 2.45) is 15.3 Å². The van der Waals surface area contributed by atoms with Crippen LogP contribution < -0.4 is 15.5 Å². The summed E-state index contributed by atoms with van der Waals surface area (Å²) in [7, 11) is 0. The fourth-order valence-corrected chi connectivity index (χ4v) is 2.72. The summed E-state index contributed by atoms with van der Waals surface area (Å²) in [5, 5.41) is 13.2. The number of hydrogen-bond acceptors (Lipinski definition) is 5. The maximum absolute atomic E-state index is 12.8. The van der Waals surface area contributed by atoms with E-state index in [0.29, 0.717) is 0 Å². The number of carbonyl (C=O) groups excluding carboxylic acids is 1. The third-order valence-corrected chi connectivity index (χ3v) is 4.51. The van der Waals surface area contributed by atoms with Crippen LogP contribution in [0.4, 0.5) is 56.6 Å². The van der Waals surface area contributed by atoms with Crippen LogP contribution in [0.15, 0.2) is 88.1 Å². The van der Waals surface area contributed by atoms with Crippen LogP contribution in [-0.4, -0.2) is 18.1 Å². The normalized spacial score (nSPS) is 12.9. The number of amides is 1. The molecule has 206 valence electrons. The van der Waals surface area contributed by atoms with E-state index < -0.39 is 47.3 Å². The van der Waals surface area contributed by atoms with E-state index in [0.717, 1.165) is 72.8 Å². The summed E-state index contributed by atoms with van der Waals surface area (Å²) in [6.45, 7) is 0. The standard InChI is InChI=1S/C23H14F9N5O2/c24-21(25,26)13-1-5-16(6-2-13)34-36-19(37-35-17-7-3-14(4-8-17)22(27,28)29)20(38)33-15-9-11-18(12-10-15)39-23(30,31)32/h1-12,34H,(H,33,38)/b36-19+,37-35?. The van der Waals surface area contributed by atoms with E-state index in [4.69, 9.17) is 0 Å². The highest BCUT2D eigenvalue weighted by Gasteiger charge is 2.32. The average molecular weight is 563 g/mol. The van der Waals surface area contributed by atoms with Crippen LogP contribution in [0.5, 0.6) is 5.75 Å². The molecule has 0 aliphatic rings. The van der Waals surface area contributed by atoms with Gasteiger partial charge in [-0.2, -0.15) is 26.3 Å². The van der Waals surface area contributed by atoms with Crippen molar-refractivity contribution < 1.29 is 49.0 Å².